The van der Waals surface area contributed by atoms with Crippen molar-refractivity contribution >= 4 is 40.8 Å². The van der Waals surface area contributed by atoms with Crippen molar-refractivity contribution in [2.45, 2.75) is 24.9 Å². The maximum absolute atomic E-state index is 14.7. The summed E-state index contributed by atoms with van der Waals surface area (Å²) in [4.78, 5) is 28.9. The Balaban J connectivity index is 1.63. The molecule has 1 atom stereocenters. The second-order valence-corrected chi connectivity index (χ2v) is 8.77. The van der Waals surface area contributed by atoms with Crippen LogP contribution in [0.4, 0.5) is 19.0 Å². The highest BCUT2D eigenvalue weighted by Gasteiger charge is 2.54. The van der Waals surface area contributed by atoms with Gasteiger partial charge in [-0.2, -0.15) is 0 Å². The monoisotopic (exact) mass is 542 g/mol. The molecule has 13 heteroatoms. The Morgan fingerprint density at radius 1 is 1.25 bits per heavy atom. The van der Waals surface area contributed by atoms with Crippen molar-refractivity contribution in [1.29, 1.82) is 0 Å². The molecule has 4 N–H and O–H groups in total. The fourth-order valence-electron chi connectivity index (χ4n) is 4.08. The fourth-order valence-corrected chi connectivity index (χ4v) is 4.50. The molecule has 2 aromatic heterocycles. The molecule has 1 aliphatic rings. The minimum atomic E-state index is -3.04. The van der Waals surface area contributed by atoms with E-state index >= 15 is 0 Å². The minimum Gasteiger partial charge on any atom is -0.455 e. The Labute approximate surface area is 211 Å². The molecule has 8 nitrogen and oxygen atoms in total. The first-order valence-electron chi connectivity index (χ1n) is 10.3. The van der Waals surface area contributed by atoms with Gasteiger partial charge in [0.15, 0.2) is 6.61 Å². The van der Waals surface area contributed by atoms with Crippen LogP contribution in [-0.2, 0) is 21.6 Å². The largest absolute Gasteiger partial charge is 0.455 e. The van der Waals surface area contributed by atoms with Crippen LogP contribution in [0.5, 0.6) is 0 Å². The molecular weight excluding hydrogens is 526 g/mol. The van der Waals surface area contributed by atoms with E-state index in [1.165, 1.54) is 18.2 Å². The smallest absolute Gasteiger partial charge is 0.350 e. The topological polar surface area (TPSA) is 127 Å². The molecule has 1 aliphatic carbocycles. The van der Waals surface area contributed by atoms with Crippen molar-refractivity contribution in [2.75, 3.05) is 12.3 Å². The second-order valence-electron chi connectivity index (χ2n) is 8.01. The number of benzene rings is 1. The summed E-state index contributed by atoms with van der Waals surface area (Å²) in [6.07, 6.45) is -2.43. The van der Waals surface area contributed by atoms with Gasteiger partial charge < -0.3 is 15.6 Å². The number of aryl methyl sites for hydroxylation is 1. The van der Waals surface area contributed by atoms with Crippen LogP contribution in [0.2, 0.25) is 10.2 Å². The van der Waals surface area contributed by atoms with Crippen LogP contribution in [0.15, 0.2) is 36.5 Å². The number of hydrogen-bond acceptors (Lipinski definition) is 7. The third kappa shape index (κ3) is 4.45. The summed E-state index contributed by atoms with van der Waals surface area (Å²) >= 11 is 11.6. The van der Waals surface area contributed by atoms with Crippen LogP contribution in [-0.4, -0.2) is 33.7 Å². The Kier molecular flexibility index (Phi) is 6.82. The average Bonchev–Trinajstić information content (AvgIpc) is 3.16. The quantitative estimate of drug-likeness (QED) is 0.142. The molecule has 0 fully saturated rings. The lowest BCUT2D eigenvalue weighted by atomic mass is 9.97. The van der Waals surface area contributed by atoms with Gasteiger partial charge in [0, 0.05) is 27.8 Å². The molecule has 188 valence electrons. The number of nitrogen functional groups attached to an aromatic ring is 1. The first-order chi connectivity index (χ1) is 16.9. The predicted molar refractivity (Wildman–Crippen MR) is 120 cm³/mol. The molecule has 1 aromatic carbocycles. The molecule has 1 unspecified atom stereocenters. The third-order valence-electron chi connectivity index (χ3n) is 5.77. The van der Waals surface area contributed by atoms with E-state index in [1.807, 2.05) is 0 Å². The number of ketones is 1. The summed E-state index contributed by atoms with van der Waals surface area (Å²) < 4.78 is 47.1. The molecule has 2 heterocycles. The number of rotatable bonds is 6. The van der Waals surface area contributed by atoms with Crippen LogP contribution in [0.1, 0.15) is 40.0 Å². The number of pyridine rings is 2. The first-order valence-corrected chi connectivity index (χ1v) is 11.1. The van der Waals surface area contributed by atoms with E-state index in [0.29, 0.717) is 4.73 Å². The molecule has 0 bridgehead atoms. The van der Waals surface area contributed by atoms with Gasteiger partial charge in [0.25, 0.3) is 17.7 Å². The van der Waals surface area contributed by atoms with Gasteiger partial charge in [-0.3, -0.25) is 10.0 Å². The van der Waals surface area contributed by atoms with Crippen LogP contribution < -0.4 is 10.5 Å². The number of nitrogens with two attached hydrogens (primary N) is 1. The van der Waals surface area contributed by atoms with E-state index in [9.17, 15) is 33.1 Å². The Morgan fingerprint density at radius 2 is 1.97 bits per heavy atom. The lowest BCUT2D eigenvalue weighted by Crippen LogP contribution is -2.48. The van der Waals surface area contributed by atoms with Gasteiger partial charge in [-0.15, -0.1) is 0 Å². The van der Waals surface area contributed by atoms with Gasteiger partial charge in [-0.1, -0.05) is 29.3 Å². The number of esters is 1. The molecule has 0 saturated heterocycles. The van der Waals surface area contributed by atoms with Crippen molar-refractivity contribution in [3.63, 3.8) is 0 Å². The van der Waals surface area contributed by atoms with Crippen molar-refractivity contribution < 1.29 is 42.5 Å². The zero-order valence-corrected chi connectivity index (χ0v) is 19.7. The number of aliphatic hydroxyl groups is 1. The molecule has 0 radical (unpaired) electrons. The number of ether oxygens (including phenoxy) is 1. The number of hydrogen-bond donors (Lipinski definition) is 3. The van der Waals surface area contributed by atoms with Gasteiger partial charge in [0.2, 0.25) is 12.0 Å². The number of halogens is 5. The van der Waals surface area contributed by atoms with Crippen LogP contribution in [0.3, 0.4) is 0 Å². The average molecular weight is 543 g/mol. The number of fused-ring (bicyclic) bond motifs is 1. The molecule has 3 aromatic rings. The van der Waals surface area contributed by atoms with Crippen molar-refractivity contribution in [3.05, 3.63) is 74.9 Å². The zero-order valence-electron chi connectivity index (χ0n) is 18.1. The minimum absolute atomic E-state index is 0.00316. The number of carbonyl (C=O) groups is 2. The summed E-state index contributed by atoms with van der Waals surface area (Å²) in [5.74, 6) is -3.00. The van der Waals surface area contributed by atoms with Crippen LogP contribution in [0.25, 0.3) is 11.1 Å². The molecule has 4 rings (SSSR count). The van der Waals surface area contributed by atoms with Crippen LogP contribution >= 0.6 is 23.2 Å². The summed E-state index contributed by atoms with van der Waals surface area (Å²) in [6.45, 7) is -0.795. The highest BCUT2D eigenvalue weighted by molar-refractivity contribution is 6.33. The number of carbonyl (C=O) groups excluding carboxylic acids is 2. The lowest BCUT2D eigenvalue weighted by molar-refractivity contribution is -0.912. The molecular formula is C23H17Cl2F3N3O5+. The number of nitrogens with zero attached hydrogens (tertiary/aromatic N) is 2. The van der Waals surface area contributed by atoms with Gasteiger partial charge >= 0.3 is 5.97 Å². The Morgan fingerprint density at radius 3 is 2.64 bits per heavy atom. The van der Waals surface area contributed by atoms with Crippen LogP contribution in [0, 0.1) is 5.82 Å². The van der Waals surface area contributed by atoms with E-state index in [1.54, 1.807) is 0 Å². The lowest BCUT2D eigenvalue weighted by Gasteiger charge is -2.18. The van der Waals surface area contributed by atoms with Gasteiger partial charge in [-0.25, -0.2) is 22.9 Å². The first kappa shape index (κ1) is 25.7. The summed E-state index contributed by atoms with van der Waals surface area (Å²) in [6, 6.07) is 5.85. The highest BCUT2D eigenvalue weighted by Crippen LogP contribution is 2.40. The van der Waals surface area contributed by atoms with E-state index in [4.69, 9.17) is 33.7 Å². The standard InChI is InChI=1S/C23H16Cl2F3N3O5/c24-14-3-1-13(21(27)28)17(18(14)26)11-7-10-5-6-23(34,19(10)31(35)8-11)22(33)36-9-15(32)12-2-4-16(29)30-20(12)25/h1-4,7-8,21,34H,5-6,9H2,(H2-,29,30,32,35)/p+1. The normalized spacial score (nSPS) is 16.8. The molecule has 0 aliphatic heterocycles. The van der Waals surface area contributed by atoms with Crippen molar-refractivity contribution in [2.24, 2.45) is 0 Å². The number of aromatic nitrogens is 2. The van der Waals surface area contributed by atoms with Gasteiger partial charge in [0.1, 0.15) is 16.8 Å². The molecule has 0 spiro atoms. The van der Waals surface area contributed by atoms with E-state index in [2.05, 4.69) is 4.98 Å². The third-order valence-corrected chi connectivity index (χ3v) is 6.35. The maximum Gasteiger partial charge on any atom is 0.350 e. The van der Waals surface area contributed by atoms with Crippen molar-refractivity contribution in [1.82, 2.24) is 4.98 Å². The molecule has 36 heavy (non-hydrogen) atoms. The molecule has 0 amide bonds. The van der Waals surface area contributed by atoms with E-state index in [0.717, 1.165) is 18.3 Å². The SMILES string of the molecule is Nc1ccc(C(=O)COC(=O)C2(O)CCc3cc(-c4c(C(F)F)ccc(Cl)c4F)c[n+](O)c32)c(Cl)n1. The van der Waals surface area contributed by atoms with E-state index < -0.39 is 52.4 Å². The Hall–Kier alpha value is -3.41. The number of alkyl halides is 2. The van der Waals surface area contributed by atoms with Gasteiger partial charge in [-0.05, 0) is 30.7 Å². The van der Waals surface area contributed by atoms with E-state index in [-0.39, 0.29) is 46.2 Å². The van der Waals surface area contributed by atoms with Crippen molar-refractivity contribution in [3.8, 4) is 11.1 Å². The second kappa shape index (κ2) is 9.57. The fraction of sp³-hybridized carbons (Fsp3) is 0.217. The summed E-state index contributed by atoms with van der Waals surface area (Å²) in [7, 11) is 0. The molecule has 0 saturated carbocycles. The number of Topliss-reactive ketones (excluding diaryl/α,β-unsaturated/α-hetero) is 1. The summed E-state index contributed by atoms with van der Waals surface area (Å²) in [5, 5.41) is 21.0. The number of anilines is 1. The predicted octanol–water partition coefficient (Wildman–Crippen LogP) is 3.80. The zero-order chi connectivity index (χ0) is 26.4. The van der Waals surface area contributed by atoms with Gasteiger partial charge in [0.05, 0.1) is 16.1 Å². The summed E-state index contributed by atoms with van der Waals surface area (Å²) in [5.41, 5.74) is 1.59. The Bertz CT molecular complexity index is 1410. The maximum atomic E-state index is 14.7. The highest BCUT2D eigenvalue weighted by atomic mass is 35.5.